The first-order valence-electron chi connectivity index (χ1n) is 9.33. The van der Waals surface area contributed by atoms with Crippen LogP contribution in [0.2, 0.25) is 0 Å². The van der Waals surface area contributed by atoms with Crippen LogP contribution in [0.4, 0.5) is 4.39 Å². The van der Waals surface area contributed by atoms with Gasteiger partial charge in [-0.1, -0.05) is 12.8 Å². The van der Waals surface area contributed by atoms with Crippen molar-refractivity contribution in [2.45, 2.75) is 44.7 Å². The van der Waals surface area contributed by atoms with E-state index in [1.807, 2.05) is 11.0 Å². The average Bonchev–Trinajstić information content (AvgIpc) is 3.32. The summed E-state index contributed by atoms with van der Waals surface area (Å²) in [5.41, 5.74) is 1.71. The molecule has 1 saturated heterocycles. The molecule has 5 nitrogen and oxygen atoms in total. The van der Waals surface area contributed by atoms with E-state index < -0.39 is 0 Å². The molecular weight excluding hydrogens is 333 g/mol. The highest BCUT2D eigenvalue weighted by atomic mass is 19.1. The van der Waals surface area contributed by atoms with E-state index in [0.717, 1.165) is 29.4 Å². The van der Waals surface area contributed by atoms with Gasteiger partial charge in [-0.05, 0) is 37.1 Å². The van der Waals surface area contributed by atoms with Crippen LogP contribution < -0.4 is 0 Å². The maximum absolute atomic E-state index is 13.3. The van der Waals surface area contributed by atoms with Crippen LogP contribution in [0.1, 0.15) is 37.8 Å². The molecule has 2 fully saturated rings. The maximum Gasteiger partial charge on any atom is 0.228 e. The fraction of sp³-hybridized carbons (Fsp3) is 0.500. The number of H-pyrrole nitrogens is 1. The van der Waals surface area contributed by atoms with E-state index in [9.17, 15) is 14.0 Å². The van der Waals surface area contributed by atoms with E-state index in [2.05, 4.69) is 4.98 Å². The smallest absolute Gasteiger partial charge is 0.228 e. The second-order valence-corrected chi connectivity index (χ2v) is 7.61. The fourth-order valence-corrected chi connectivity index (χ4v) is 4.36. The number of nitrogens with zero attached hydrogens (tertiary/aromatic N) is 2. The molecule has 2 aromatic rings. The largest absolute Gasteiger partial charge is 0.357 e. The topological polar surface area (TPSA) is 56.4 Å². The van der Waals surface area contributed by atoms with Crippen LogP contribution in [0, 0.1) is 11.7 Å². The van der Waals surface area contributed by atoms with Gasteiger partial charge in [-0.3, -0.25) is 9.59 Å². The van der Waals surface area contributed by atoms with Crippen molar-refractivity contribution in [3.63, 3.8) is 0 Å². The Bertz CT molecular complexity index is 841. The zero-order valence-corrected chi connectivity index (χ0v) is 15.0. The number of fused-ring (bicyclic) bond motifs is 1. The summed E-state index contributed by atoms with van der Waals surface area (Å²) in [5, 5.41) is 0.796. The molecule has 1 atom stereocenters. The van der Waals surface area contributed by atoms with E-state index in [1.165, 1.54) is 25.0 Å². The predicted molar refractivity (Wildman–Crippen MR) is 96.8 cm³/mol. The van der Waals surface area contributed by atoms with Crippen LogP contribution in [0.15, 0.2) is 24.3 Å². The van der Waals surface area contributed by atoms with Crippen LogP contribution in [-0.2, 0) is 16.1 Å². The second-order valence-electron chi connectivity index (χ2n) is 7.61. The molecule has 6 heteroatoms. The standard InChI is InChI=1S/C20H24FN3O2/c1-23(12-16-9-13-8-15(21)6-7-18(13)22-16)20(26)14-10-19(25)24(11-14)17-4-2-3-5-17/h6-9,14,17,22H,2-5,10-12H2,1H3/t14-/m1/s1. The first-order valence-corrected chi connectivity index (χ1v) is 9.33. The van der Waals surface area contributed by atoms with Crippen molar-refractivity contribution in [1.29, 1.82) is 0 Å². The number of hydrogen-bond acceptors (Lipinski definition) is 2. The van der Waals surface area contributed by atoms with E-state index in [-0.39, 0.29) is 23.5 Å². The number of benzene rings is 1. The van der Waals surface area contributed by atoms with E-state index >= 15 is 0 Å². The number of amides is 2. The van der Waals surface area contributed by atoms with Gasteiger partial charge in [0.15, 0.2) is 0 Å². The molecule has 4 rings (SSSR count). The third kappa shape index (κ3) is 3.20. The van der Waals surface area contributed by atoms with Crippen molar-refractivity contribution in [2.75, 3.05) is 13.6 Å². The molecule has 0 radical (unpaired) electrons. The number of aromatic amines is 1. The summed E-state index contributed by atoms with van der Waals surface area (Å²) in [6, 6.07) is 6.79. The molecule has 1 aromatic heterocycles. The van der Waals surface area contributed by atoms with Crippen LogP contribution in [0.3, 0.4) is 0 Å². The summed E-state index contributed by atoms with van der Waals surface area (Å²) in [5.74, 6) is -0.410. The van der Waals surface area contributed by atoms with Crippen molar-refractivity contribution >= 4 is 22.7 Å². The van der Waals surface area contributed by atoms with Crippen molar-refractivity contribution in [3.05, 3.63) is 35.8 Å². The van der Waals surface area contributed by atoms with Gasteiger partial charge in [-0.15, -0.1) is 0 Å². The Hall–Kier alpha value is -2.37. The van der Waals surface area contributed by atoms with Gasteiger partial charge in [-0.2, -0.15) is 0 Å². The minimum absolute atomic E-state index is 0.00341. The third-order valence-corrected chi connectivity index (χ3v) is 5.70. The lowest BCUT2D eigenvalue weighted by molar-refractivity contribution is -0.135. The zero-order chi connectivity index (χ0) is 18.3. The summed E-state index contributed by atoms with van der Waals surface area (Å²) in [7, 11) is 1.76. The molecule has 0 spiro atoms. The molecule has 2 heterocycles. The van der Waals surface area contributed by atoms with Crippen LogP contribution in [0.25, 0.3) is 10.9 Å². The van der Waals surface area contributed by atoms with Crippen LogP contribution in [-0.4, -0.2) is 46.2 Å². The summed E-state index contributed by atoms with van der Waals surface area (Å²) in [6.07, 6.45) is 4.79. The number of carbonyl (C=O) groups excluding carboxylic acids is 2. The third-order valence-electron chi connectivity index (χ3n) is 5.70. The molecule has 26 heavy (non-hydrogen) atoms. The van der Waals surface area contributed by atoms with Gasteiger partial charge in [0.05, 0.1) is 12.5 Å². The van der Waals surface area contributed by atoms with Crippen LogP contribution in [0.5, 0.6) is 0 Å². The first kappa shape index (κ1) is 17.1. The zero-order valence-electron chi connectivity index (χ0n) is 15.0. The molecule has 1 N–H and O–H groups in total. The molecular formula is C20H24FN3O2. The molecule has 2 aliphatic rings. The minimum atomic E-state index is -0.274. The number of carbonyl (C=O) groups is 2. The lowest BCUT2D eigenvalue weighted by atomic mass is 10.1. The Morgan fingerprint density at radius 3 is 2.85 bits per heavy atom. The molecule has 0 unspecified atom stereocenters. The SMILES string of the molecule is CN(Cc1cc2cc(F)ccc2[nH]1)C(=O)[C@@H]1CC(=O)N(C2CCCC2)C1. The first-order chi connectivity index (χ1) is 12.5. The van der Waals surface area contributed by atoms with Crippen molar-refractivity contribution in [3.8, 4) is 0 Å². The number of rotatable bonds is 4. The van der Waals surface area contributed by atoms with Gasteiger partial charge in [0.25, 0.3) is 0 Å². The molecule has 1 aromatic carbocycles. The van der Waals surface area contributed by atoms with Gasteiger partial charge in [0.1, 0.15) is 5.82 Å². The molecule has 0 bridgehead atoms. The van der Waals surface area contributed by atoms with Crippen molar-refractivity contribution < 1.29 is 14.0 Å². The highest BCUT2D eigenvalue weighted by Gasteiger charge is 2.39. The van der Waals surface area contributed by atoms with Crippen LogP contribution >= 0.6 is 0 Å². The van der Waals surface area contributed by atoms with Gasteiger partial charge in [0, 0.05) is 42.7 Å². The molecule has 1 aliphatic heterocycles. The highest BCUT2D eigenvalue weighted by Crippen LogP contribution is 2.30. The number of aromatic nitrogens is 1. The highest BCUT2D eigenvalue weighted by molar-refractivity contribution is 5.89. The van der Waals surface area contributed by atoms with Crippen molar-refractivity contribution in [1.82, 2.24) is 14.8 Å². The normalized spacial score (nSPS) is 21.1. The average molecular weight is 357 g/mol. The summed E-state index contributed by atoms with van der Waals surface area (Å²) in [6.45, 7) is 0.966. The Labute approximate surface area is 152 Å². The predicted octanol–water partition coefficient (Wildman–Crippen LogP) is 3.06. The molecule has 1 saturated carbocycles. The van der Waals surface area contributed by atoms with Gasteiger partial charge in [-0.25, -0.2) is 4.39 Å². The number of nitrogens with one attached hydrogen (secondary N) is 1. The summed E-state index contributed by atoms with van der Waals surface area (Å²) >= 11 is 0. The maximum atomic E-state index is 13.3. The number of hydrogen-bond donors (Lipinski definition) is 1. The van der Waals surface area contributed by atoms with Gasteiger partial charge in [0.2, 0.25) is 11.8 Å². The van der Waals surface area contributed by atoms with E-state index in [0.29, 0.717) is 25.6 Å². The monoisotopic (exact) mass is 357 g/mol. The second kappa shape index (κ2) is 6.74. The fourth-order valence-electron chi connectivity index (χ4n) is 4.36. The minimum Gasteiger partial charge on any atom is -0.357 e. The molecule has 1 aliphatic carbocycles. The molecule has 2 amide bonds. The summed E-state index contributed by atoms with van der Waals surface area (Å²) in [4.78, 5) is 31.9. The molecule has 138 valence electrons. The van der Waals surface area contributed by atoms with E-state index in [1.54, 1.807) is 18.0 Å². The summed E-state index contributed by atoms with van der Waals surface area (Å²) < 4.78 is 13.3. The lowest BCUT2D eigenvalue weighted by Crippen LogP contribution is -2.37. The Morgan fingerprint density at radius 2 is 2.08 bits per heavy atom. The quantitative estimate of drug-likeness (QED) is 0.914. The van der Waals surface area contributed by atoms with Crippen molar-refractivity contribution in [2.24, 2.45) is 5.92 Å². The Balaban J connectivity index is 1.41. The number of halogens is 1. The van der Waals surface area contributed by atoms with Gasteiger partial charge >= 0.3 is 0 Å². The van der Waals surface area contributed by atoms with Gasteiger partial charge < -0.3 is 14.8 Å². The Morgan fingerprint density at radius 1 is 1.31 bits per heavy atom. The Kier molecular flexibility index (Phi) is 4.42. The lowest BCUT2D eigenvalue weighted by Gasteiger charge is -2.25. The van der Waals surface area contributed by atoms with E-state index in [4.69, 9.17) is 0 Å². The number of likely N-dealkylation sites (tertiary alicyclic amines) is 1.